The fourth-order valence-electron chi connectivity index (χ4n) is 1.76. The molecular formula is C14H10BrF3N2O. The van der Waals surface area contributed by atoms with Gasteiger partial charge in [0.15, 0.2) is 0 Å². The van der Waals surface area contributed by atoms with Gasteiger partial charge in [-0.3, -0.25) is 9.78 Å². The van der Waals surface area contributed by atoms with Crippen LogP contribution in [0.4, 0.5) is 13.2 Å². The van der Waals surface area contributed by atoms with Gasteiger partial charge in [0, 0.05) is 23.4 Å². The molecule has 0 aliphatic heterocycles. The number of amides is 1. The standard InChI is InChI=1S/C14H10BrF3N2O/c15-11-5-10(6-19-8-11)13(21)20-7-9-3-1-2-4-12(9)14(16,17)18/h1-6,8H,7H2,(H,20,21). The van der Waals surface area contributed by atoms with Crippen LogP contribution in [-0.2, 0) is 12.7 Å². The molecule has 1 aromatic heterocycles. The maximum absolute atomic E-state index is 12.8. The van der Waals surface area contributed by atoms with Crippen molar-refractivity contribution in [2.45, 2.75) is 12.7 Å². The Bertz CT molecular complexity index is 659. The summed E-state index contributed by atoms with van der Waals surface area (Å²) < 4.78 is 39.1. The van der Waals surface area contributed by atoms with Crippen LogP contribution < -0.4 is 5.32 Å². The summed E-state index contributed by atoms with van der Waals surface area (Å²) in [5.41, 5.74) is -0.465. The predicted octanol–water partition coefficient (Wildman–Crippen LogP) is 3.79. The zero-order valence-electron chi connectivity index (χ0n) is 10.6. The number of pyridine rings is 1. The quantitative estimate of drug-likeness (QED) is 0.906. The second-order valence-corrected chi connectivity index (χ2v) is 5.15. The third-order valence-electron chi connectivity index (χ3n) is 2.73. The van der Waals surface area contributed by atoms with Crippen LogP contribution in [0.1, 0.15) is 21.5 Å². The number of carbonyl (C=O) groups excluding carboxylic acids is 1. The van der Waals surface area contributed by atoms with E-state index in [1.165, 1.54) is 36.7 Å². The highest BCUT2D eigenvalue weighted by molar-refractivity contribution is 9.10. The summed E-state index contributed by atoms with van der Waals surface area (Å²) in [6, 6.07) is 6.67. The number of alkyl halides is 3. The zero-order chi connectivity index (χ0) is 15.5. The molecule has 0 aliphatic rings. The lowest BCUT2D eigenvalue weighted by Crippen LogP contribution is -2.24. The summed E-state index contributed by atoms with van der Waals surface area (Å²) in [5.74, 6) is -0.485. The average molecular weight is 359 g/mol. The molecule has 0 aliphatic carbocycles. The van der Waals surface area contributed by atoms with Crippen LogP contribution in [0.2, 0.25) is 0 Å². The van der Waals surface area contributed by atoms with Crippen molar-refractivity contribution in [1.29, 1.82) is 0 Å². The molecule has 1 N–H and O–H groups in total. The van der Waals surface area contributed by atoms with E-state index in [1.54, 1.807) is 0 Å². The van der Waals surface area contributed by atoms with Crippen molar-refractivity contribution in [2.24, 2.45) is 0 Å². The predicted molar refractivity (Wildman–Crippen MR) is 74.6 cm³/mol. The maximum Gasteiger partial charge on any atom is 0.416 e. The minimum atomic E-state index is -4.45. The minimum absolute atomic E-state index is 0.0151. The van der Waals surface area contributed by atoms with Crippen LogP contribution in [0.25, 0.3) is 0 Å². The normalized spacial score (nSPS) is 11.2. The second-order valence-electron chi connectivity index (χ2n) is 4.23. The van der Waals surface area contributed by atoms with E-state index in [9.17, 15) is 18.0 Å². The molecule has 0 spiro atoms. The fraction of sp³-hybridized carbons (Fsp3) is 0.143. The summed E-state index contributed by atoms with van der Waals surface area (Å²) in [6.45, 7) is -0.207. The van der Waals surface area contributed by atoms with Crippen LogP contribution >= 0.6 is 15.9 Å². The number of rotatable bonds is 3. The van der Waals surface area contributed by atoms with E-state index in [1.807, 2.05) is 0 Å². The van der Waals surface area contributed by atoms with Gasteiger partial charge in [0.05, 0.1) is 11.1 Å². The lowest BCUT2D eigenvalue weighted by atomic mass is 10.1. The lowest BCUT2D eigenvalue weighted by molar-refractivity contribution is -0.138. The smallest absolute Gasteiger partial charge is 0.348 e. The van der Waals surface area contributed by atoms with Crippen molar-refractivity contribution in [3.8, 4) is 0 Å². The Morgan fingerprint density at radius 2 is 1.95 bits per heavy atom. The molecule has 0 fully saturated rings. The van der Waals surface area contributed by atoms with Crippen molar-refractivity contribution in [3.63, 3.8) is 0 Å². The van der Waals surface area contributed by atoms with E-state index in [2.05, 4.69) is 26.2 Å². The fourth-order valence-corrected chi connectivity index (χ4v) is 2.13. The highest BCUT2D eigenvalue weighted by Crippen LogP contribution is 2.31. The lowest BCUT2D eigenvalue weighted by Gasteiger charge is -2.13. The molecule has 2 aromatic rings. The molecule has 1 amide bonds. The van der Waals surface area contributed by atoms with Crippen molar-refractivity contribution >= 4 is 21.8 Å². The maximum atomic E-state index is 12.8. The van der Waals surface area contributed by atoms with Crippen molar-refractivity contribution in [3.05, 3.63) is 63.9 Å². The first-order valence-electron chi connectivity index (χ1n) is 5.92. The van der Waals surface area contributed by atoms with Crippen molar-refractivity contribution in [1.82, 2.24) is 10.3 Å². The number of carbonyl (C=O) groups is 1. The van der Waals surface area contributed by atoms with Crippen LogP contribution in [0.3, 0.4) is 0 Å². The van der Waals surface area contributed by atoms with Gasteiger partial charge in [0.2, 0.25) is 0 Å². The molecule has 0 unspecified atom stereocenters. The first-order valence-corrected chi connectivity index (χ1v) is 6.71. The van der Waals surface area contributed by atoms with Gasteiger partial charge in [0.25, 0.3) is 5.91 Å². The molecule has 2 rings (SSSR count). The monoisotopic (exact) mass is 358 g/mol. The molecule has 1 aromatic carbocycles. The molecule has 1 heterocycles. The van der Waals surface area contributed by atoms with E-state index in [-0.39, 0.29) is 17.7 Å². The first kappa shape index (κ1) is 15.5. The Hall–Kier alpha value is -1.89. The minimum Gasteiger partial charge on any atom is -0.348 e. The summed E-state index contributed by atoms with van der Waals surface area (Å²) in [4.78, 5) is 15.7. The van der Waals surface area contributed by atoms with E-state index >= 15 is 0 Å². The molecule has 0 atom stereocenters. The molecule has 3 nitrogen and oxygen atoms in total. The van der Waals surface area contributed by atoms with E-state index < -0.39 is 17.6 Å². The number of aromatic nitrogens is 1. The first-order chi connectivity index (χ1) is 9.88. The highest BCUT2D eigenvalue weighted by Gasteiger charge is 2.32. The van der Waals surface area contributed by atoms with Gasteiger partial charge in [-0.05, 0) is 33.6 Å². The Kier molecular flexibility index (Phi) is 4.62. The van der Waals surface area contributed by atoms with E-state index in [4.69, 9.17) is 0 Å². The van der Waals surface area contributed by atoms with Crippen LogP contribution in [0, 0.1) is 0 Å². The molecule has 21 heavy (non-hydrogen) atoms. The largest absolute Gasteiger partial charge is 0.416 e. The number of hydrogen-bond donors (Lipinski definition) is 1. The molecule has 0 saturated heterocycles. The van der Waals surface area contributed by atoms with Crippen molar-refractivity contribution in [2.75, 3.05) is 0 Å². The molecule has 110 valence electrons. The molecule has 0 radical (unpaired) electrons. The number of benzene rings is 1. The number of halogens is 4. The van der Waals surface area contributed by atoms with Crippen LogP contribution in [0.5, 0.6) is 0 Å². The Labute approximate surface area is 127 Å². The summed E-state index contributed by atoms with van der Waals surface area (Å²) in [6.07, 6.45) is -1.59. The van der Waals surface area contributed by atoms with E-state index in [0.29, 0.717) is 4.47 Å². The average Bonchev–Trinajstić information content (AvgIpc) is 2.44. The second kappa shape index (κ2) is 6.26. The van der Waals surface area contributed by atoms with Gasteiger partial charge >= 0.3 is 6.18 Å². The Morgan fingerprint density at radius 1 is 1.24 bits per heavy atom. The summed E-state index contributed by atoms with van der Waals surface area (Å²) >= 11 is 3.17. The van der Waals surface area contributed by atoms with E-state index in [0.717, 1.165) is 6.07 Å². The third kappa shape index (κ3) is 4.04. The zero-order valence-corrected chi connectivity index (χ0v) is 12.2. The Balaban J connectivity index is 2.12. The molecule has 0 bridgehead atoms. The Morgan fingerprint density at radius 3 is 2.62 bits per heavy atom. The number of nitrogens with zero attached hydrogens (tertiary/aromatic N) is 1. The van der Waals surface area contributed by atoms with Gasteiger partial charge in [-0.1, -0.05) is 18.2 Å². The number of hydrogen-bond acceptors (Lipinski definition) is 2. The topological polar surface area (TPSA) is 42.0 Å². The summed E-state index contributed by atoms with van der Waals surface area (Å²) in [5, 5.41) is 2.46. The highest BCUT2D eigenvalue weighted by atomic mass is 79.9. The molecular weight excluding hydrogens is 349 g/mol. The van der Waals surface area contributed by atoms with Crippen LogP contribution in [-0.4, -0.2) is 10.9 Å². The van der Waals surface area contributed by atoms with Gasteiger partial charge in [0.1, 0.15) is 0 Å². The van der Waals surface area contributed by atoms with Gasteiger partial charge in [-0.25, -0.2) is 0 Å². The molecule has 7 heteroatoms. The van der Waals surface area contributed by atoms with Gasteiger partial charge < -0.3 is 5.32 Å². The van der Waals surface area contributed by atoms with Gasteiger partial charge in [-0.2, -0.15) is 13.2 Å². The van der Waals surface area contributed by atoms with Crippen LogP contribution in [0.15, 0.2) is 47.2 Å². The number of nitrogens with one attached hydrogen (secondary N) is 1. The third-order valence-corrected chi connectivity index (χ3v) is 3.16. The van der Waals surface area contributed by atoms with Gasteiger partial charge in [-0.15, -0.1) is 0 Å². The SMILES string of the molecule is O=C(NCc1ccccc1C(F)(F)F)c1cncc(Br)c1. The molecule has 0 saturated carbocycles. The summed E-state index contributed by atoms with van der Waals surface area (Å²) in [7, 11) is 0. The van der Waals surface area contributed by atoms with Crippen molar-refractivity contribution < 1.29 is 18.0 Å².